The second-order valence-electron chi connectivity index (χ2n) is 7.68. The highest BCUT2D eigenvalue weighted by atomic mass is 19.1. The molecule has 4 rings (SSSR count). The average Bonchev–Trinajstić information content (AvgIpc) is 2.79. The molecule has 1 fully saturated rings. The summed E-state index contributed by atoms with van der Waals surface area (Å²) in [7, 11) is 2.04. The van der Waals surface area contributed by atoms with Gasteiger partial charge in [0.1, 0.15) is 11.4 Å². The van der Waals surface area contributed by atoms with Crippen molar-refractivity contribution in [3.63, 3.8) is 0 Å². The van der Waals surface area contributed by atoms with Gasteiger partial charge in [-0.3, -0.25) is 14.6 Å². The third-order valence-corrected chi connectivity index (χ3v) is 5.42. The normalized spacial score (nSPS) is 14.2. The number of piperazine rings is 1. The van der Waals surface area contributed by atoms with Crippen molar-refractivity contribution in [3.05, 3.63) is 82.3 Å². The molecule has 3 heterocycles. The molecule has 0 radical (unpaired) electrons. The van der Waals surface area contributed by atoms with E-state index in [0.717, 1.165) is 31.9 Å². The van der Waals surface area contributed by atoms with Crippen LogP contribution in [0, 0.1) is 5.82 Å². The molecular weight excluding hydrogens is 411 g/mol. The maximum atomic E-state index is 14.8. The number of aromatic amines is 1. The summed E-state index contributed by atoms with van der Waals surface area (Å²) in [4.78, 5) is 36.2. The fourth-order valence-electron chi connectivity index (χ4n) is 3.62. The fourth-order valence-corrected chi connectivity index (χ4v) is 3.62. The number of likely N-dealkylation sites (N-methyl/N-ethyl adjacent to an activating group) is 1. The van der Waals surface area contributed by atoms with E-state index in [1.807, 2.05) is 30.1 Å². The third-order valence-electron chi connectivity index (χ3n) is 5.42. The average molecular weight is 436 g/mol. The van der Waals surface area contributed by atoms with E-state index in [4.69, 9.17) is 0 Å². The summed E-state index contributed by atoms with van der Waals surface area (Å²) in [6.07, 6.45) is 3.13. The van der Waals surface area contributed by atoms with Crippen LogP contribution in [0.3, 0.4) is 0 Å². The minimum Gasteiger partial charge on any atom is -0.379 e. The lowest BCUT2D eigenvalue weighted by Crippen LogP contribution is -2.44. The van der Waals surface area contributed by atoms with Crippen LogP contribution >= 0.6 is 0 Å². The summed E-state index contributed by atoms with van der Waals surface area (Å²) in [5.74, 6) is -1.04. The Hall–Kier alpha value is -3.72. The number of amides is 1. The Balaban J connectivity index is 1.49. The monoisotopic (exact) mass is 436 g/mol. The predicted molar refractivity (Wildman–Crippen MR) is 123 cm³/mol. The first-order valence-electron chi connectivity index (χ1n) is 10.4. The highest BCUT2D eigenvalue weighted by Crippen LogP contribution is 2.24. The Morgan fingerprint density at radius 2 is 1.97 bits per heavy atom. The number of halogens is 1. The van der Waals surface area contributed by atoms with Crippen LogP contribution in [0.1, 0.15) is 16.1 Å². The number of H-pyrrole nitrogens is 1. The molecular formula is C23H25FN6O2. The molecule has 1 aliphatic heterocycles. The molecule has 32 heavy (non-hydrogen) atoms. The van der Waals surface area contributed by atoms with E-state index < -0.39 is 17.3 Å². The zero-order valence-corrected chi connectivity index (χ0v) is 17.8. The van der Waals surface area contributed by atoms with Crippen molar-refractivity contribution in [3.8, 4) is 0 Å². The lowest BCUT2D eigenvalue weighted by atomic mass is 10.2. The van der Waals surface area contributed by atoms with E-state index in [-0.39, 0.29) is 11.3 Å². The Morgan fingerprint density at radius 1 is 1.16 bits per heavy atom. The number of hydrogen-bond donors (Lipinski definition) is 3. The molecule has 1 aromatic carbocycles. The highest BCUT2D eigenvalue weighted by Gasteiger charge is 2.20. The number of nitrogens with zero attached hydrogens (tertiary/aromatic N) is 3. The zero-order chi connectivity index (χ0) is 22.5. The molecule has 1 amide bonds. The van der Waals surface area contributed by atoms with Crippen molar-refractivity contribution < 1.29 is 9.18 Å². The van der Waals surface area contributed by atoms with Gasteiger partial charge in [-0.1, -0.05) is 6.07 Å². The zero-order valence-electron chi connectivity index (χ0n) is 17.8. The van der Waals surface area contributed by atoms with Crippen LogP contribution in [0.5, 0.6) is 0 Å². The summed E-state index contributed by atoms with van der Waals surface area (Å²) >= 11 is 0. The molecule has 8 nitrogen and oxygen atoms in total. The number of aromatic nitrogens is 2. The van der Waals surface area contributed by atoms with Gasteiger partial charge in [-0.25, -0.2) is 4.39 Å². The molecule has 0 unspecified atom stereocenters. The molecule has 2 aromatic heterocycles. The molecule has 9 heteroatoms. The minimum atomic E-state index is -0.623. The van der Waals surface area contributed by atoms with Gasteiger partial charge in [-0.15, -0.1) is 0 Å². The minimum absolute atomic E-state index is 0.0769. The van der Waals surface area contributed by atoms with Crippen LogP contribution in [-0.2, 0) is 6.54 Å². The molecule has 1 saturated heterocycles. The summed E-state index contributed by atoms with van der Waals surface area (Å²) in [6.45, 7) is 3.55. The van der Waals surface area contributed by atoms with Gasteiger partial charge in [0, 0.05) is 44.3 Å². The molecule has 0 spiro atoms. The summed E-state index contributed by atoms with van der Waals surface area (Å²) in [5.41, 5.74) is 1.30. The largest absolute Gasteiger partial charge is 0.379 e. The van der Waals surface area contributed by atoms with Gasteiger partial charge in [-0.2, -0.15) is 0 Å². The maximum absolute atomic E-state index is 14.8. The summed E-state index contributed by atoms with van der Waals surface area (Å²) < 4.78 is 14.8. The van der Waals surface area contributed by atoms with Crippen LogP contribution in [0.4, 0.5) is 21.5 Å². The lowest BCUT2D eigenvalue weighted by Gasteiger charge is -2.34. The number of nitrogens with one attached hydrogen (secondary N) is 3. The standard InChI is InChI=1S/C23H25FN6O2/c1-29-10-12-30(13-11-29)20-6-5-16(14-18(20)24)28-23(32)21-19(7-9-26-22(21)31)27-15-17-4-2-3-8-25-17/h2-9,14H,10-13,15H2,1H3,(H,28,32)(H2,26,27,31). The SMILES string of the molecule is CN1CCN(c2ccc(NC(=O)c3c(NCc4ccccn4)cc[nH]c3=O)cc2F)CC1. The topological polar surface area (TPSA) is 93.4 Å². The first kappa shape index (κ1) is 21.5. The van der Waals surface area contributed by atoms with Gasteiger partial charge in [0.05, 0.1) is 23.6 Å². The third kappa shape index (κ3) is 4.94. The Labute approximate surface area is 185 Å². The molecule has 0 atom stereocenters. The van der Waals surface area contributed by atoms with Gasteiger partial charge in [-0.05, 0) is 43.4 Å². The van der Waals surface area contributed by atoms with Gasteiger partial charge in [0.15, 0.2) is 0 Å². The number of rotatable bonds is 6. The van der Waals surface area contributed by atoms with Crippen molar-refractivity contribution in [2.45, 2.75) is 6.54 Å². The van der Waals surface area contributed by atoms with Crippen molar-refractivity contribution in [2.24, 2.45) is 0 Å². The van der Waals surface area contributed by atoms with Crippen LogP contribution in [0.2, 0.25) is 0 Å². The van der Waals surface area contributed by atoms with E-state index in [0.29, 0.717) is 17.9 Å². The Bertz CT molecular complexity index is 1140. The van der Waals surface area contributed by atoms with Crippen LogP contribution in [0.15, 0.2) is 59.7 Å². The fraction of sp³-hybridized carbons (Fsp3) is 0.261. The van der Waals surface area contributed by atoms with Gasteiger partial charge < -0.3 is 25.4 Å². The van der Waals surface area contributed by atoms with Crippen LogP contribution in [-0.4, -0.2) is 54.0 Å². The van der Waals surface area contributed by atoms with Gasteiger partial charge >= 0.3 is 0 Å². The molecule has 0 bridgehead atoms. The molecule has 1 aliphatic rings. The molecule has 3 aromatic rings. The number of benzene rings is 1. The van der Waals surface area contributed by atoms with E-state index in [1.165, 1.54) is 12.3 Å². The lowest BCUT2D eigenvalue weighted by molar-refractivity contribution is 0.102. The molecule has 3 N–H and O–H groups in total. The summed E-state index contributed by atoms with van der Waals surface area (Å²) in [5, 5.41) is 5.71. The van der Waals surface area contributed by atoms with E-state index >= 15 is 0 Å². The number of anilines is 3. The number of hydrogen-bond acceptors (Lipinski definition) is 6. The maximum Gasteiger partial charge on any atom is 0.263 e. The van der Waals surface area contributed by atoms with Crippen molar-refractivity contribution >= 4 is 23.0 Å². The molecule has 166 valence electrons. The number of pyridine rings is 2. The van der Waals surface area contributed by atoms with Gasteiger partial charge in [0.25, 0.3) is 11.5 Å². The van der Waals surface area contributed by atoms with E-state index in [1.54, 1.807) is 24.4 Å². The van der Waals surface area contributed by atoms with Crippen LogP contribution in [0.25, 0.3) is 0 Å². The first-order chi connectivity index (χ1) is 15.5. The smallest absolute Gasteiger partial charge is 0.263 e. The summed E-state index contributed by atoms with van der Waals surface area (Å²) in [6, 6.07) is 11.7. The molecule has 0 saturated carbocycles. The van der Waals surface area contributed by atoms with Gasteiger partial charge in [0.2, 0.25) is 0 Å². The predicted octanol–water partition coefficient (Wildman–Crippen LogP) is 2.53. The number of carbonyl (C=O) groups excluding carboxylic acids is 1. The molecule has 0 aliphatic carbocycles. The van der Waals surface area contributed by atoms with Crippen LogP contribution < -0.4 is 21.1 Å². The quantitative estimate of drug-likeness (QED) is 0.550. The van der Waals surface area contributed by atoms with E-state index in [2.05, 4.69) is 25.5 Å². The number of carbonyl (C=O) groups is 1. The first-order valence-corrected chi connectivity index (χ1v) is 10.4. The van der Waals surface area contributed by atoms with Crippen molar-refractivity contribution in [2.75, 3.05) is 48.8 Å². The van der Waals surface area contributed by atoms with Crippen molar-refractivity contribution in [1.82, 2.24) is 14.9 Å². The second-order valence-corrected chi connectivity index (χ2v) is 7.68. The van der Waals surface area contributed by atoms with E-state index in [9.17, 15) is 14.0 Å². The second kappa shape index (κ2) is 9.61. The highest BCUT2D eigenvalue weighted by molar-refractivity contribution is 6.07. The Morgan fingerprint density at radius 3 is 2.69 bits per heavy atom. The van der Waals surface area contributed by atoms with Crippen molar-refractivity contribution in [1.29, 1.82) is 0 Å². The Kier molecular flexibility index (Phi) is 6.46.